The molecular formula is C16H29IN4O2S. The monoisotopic (exact) mass is 468 g/mol. The topological polar surface area (TPSA) is 83.5 Å². The third kappa shape index (κ3) is 8.27. The summed E-state index contributed by atoms with van der Waals surface area (Å²) in [5.74, 6) is 0.681. The Balaban J connectivity index is 0.00000529. The minimum absolute atomic E-state index is 0. The van der Waals surface area contributed by atoms with E-state index in [9.17, 15) is 8.42 Å². The summed E-state index contributed by atoms with van der Waals surface area (Å²) in [7, 11) is -3.14. The fourth-order valence-corrected chi connectivity index (χ4v) is 2.72. The van der Waals surface area contributed by atoms with Crippen molar-refractivity contribution < 1.29 is 8.42 Å². The maximum absolute atomic E-state index is 12.1. The lowest BCUT2D eigenvalue weighted by atomic mass is 10.3. The van der Waals surface area contributed by atoms with Crippen molar-refractivity contribution in [1.82, 2.24) is 15.6 Å². The molecule has 0 unspecified atom stereocenters. The molecule has 0 saturated heterocycles. The van der Waals surface area contributed by atoms with Gasteiger partial charge in [-0.1, -0.05) is 6.07 Å². The molecule has 0 aromatic carbocycles. The highest BCUT2D eigenvalue weighted by Crippen LogP contribution is 2.15. The molecule has 0 atom stereocenters. The van der Waals surface area contributed by atoms with Gasteiger partial charge in [0.2, 0.25) is 0 Å². The second kappa shape index (κ2) is 10.9. The second-order valence-electron chi connectivity index (χ2n) is 6.19. The highest BCUT2D eigenvalue weighted by atomic mass is 127. The normalized spacial score (nSPS) is 12.4. The van der Waals surface area contributed by atoms with Crippen LogP contribution in [0.4, 0.5) is 0 Å². The van der Waals surface area contributed by atoms with E-state index in [0.29, 0.717) is 12.5 Å². The molecule has 0 saturated carbocycles. The fourth-order valence-electron chi connectivity index (χ4n) is 1.78. The fraction of sp³-hybridized carbons (Fsp3) is 0.625. The maximum atomic E-state index is 12.1. The van der Waals surface area contributed by atoms with Gasteiger partial charge in [-0.3, -0.25) is 9.98 Å². The van der Waals surface area contributed by atoms with Crippen LogP contribution in [0.15, 0.2) is 29.4 Å². The Morgan fingerprint density at radius 1 is 1.25 bits per heavy atom. The van der Waals surface area contributed by atoms with Crippen LogP contribution in [-0.2, 0) is 16.3 Å². The molecule has 0 aliphatic rings. The molecule has 0 radical (unpaired) electrons. The minimum atomic E-state index is -3.14. The molecule has 24 heavy (non-hydrogen) atoms. The van der Waals surface area contributed by atoms with Gasteiger partial charge in [0.15, 0.2) is 15.8 Å². The van der Waals surface area contributed by atoms with Gasteiger partial charge in [0.1, 0.15) is 0 Å². The number of nitrogens with one attached hydrogen (secondary N) is 2. The van der Waals surface area contributed by atoms with E-state index >= 15 is 0 Å². The lowest BCUT2D eigenvalue weighted by Gasteiger charge is -2.18. The number of nitrogens with zero attached hydrogens (tertiary/aromatic N) is 2. The Hall–Kier alpha value is -0.900. The van der Waals surface area contributed by atoms with Crippen molar-refractivity contribution in [3.8, 4) is 0 Å². The standard InChI is InChI=1S/C16H28N4O2S.HI/c1-5-17-15(19-11-9-14-8-6-7-10-18-14)20-12-13-23(21,22)16(2,3)4;/h6-8,10H,5,9,11-13H2,1-4H3,(H2,17,19,20);1H. The molecule has 2 N–H and O–H groups in total. The molecule has 138 valence electrons. The summed E-state index contributed by atoms with van der Waals surface area (Å²) in [5, 5.41) is 6.32. The molecule has 0 aliphatic carbocycles. The molecule has 0 aliphatic heterocycles. The number of sulfone groups is 1. The summed E-state index contributed by atoms with van der Waals surface area (Å²) in [6.45, 7) is 8.77. The number of rotatable bonds is 7. The largest absolute Gasteiger partial charge is 0.357 e. The zero-order chi connectivity index (χ0) is 17.3. The van der Waals surface area contributed by atoms with Crippen LogP contribution in [0.1, 0.15) is 33.4 Å². The smallest absolute Gasteiger partial charge is 0.191 e. The Labute approximate surface area is 162 Å². The van der Waals surface area contributed by atoms with E-state index in [0.717, 1.165) is 18.7 Å². The van der Waals surface area contributed by atoms with Crippen LogP contribution in [0.3, 0.4) is 0 Å². The predicted octanol–water partition coefficient (Wildman–Crippen LogP) is 2.01. The number of aliphatic imine (C=N–C) groups is 1. The van der Waals surface area contributed by atoms with Gasteiger partial charge < -0.3 is 10.6 Å². The summed E-state index contributed by atoms with van der Waals surface area (Å²) in [6.07, 6.45) is 2.55. The molecule has 1 heterocycles. The Morgan fingerprint density at radius 3 is 2.50 bits per heavy atom. The molecule has 0 amide bonds. The third-order valence-corrected chi connectivity index (χ3v) is 5.89. The molecule has 6 nitrogen and oxygen atoms in total. The molecule has 1 aromatic heterocycles. The summed E-state index contributed by atoms with van der Waals surface area (Å²) in [6, 6.07) is 5.82. The van der Waals surface area contributed by atoms with E-state index < -0.39 is 14.6 Å². The van der Waals surface area contributed by atoms with Crippen molar-refractivity contribution in [2.75, 3.05) is 25.4 Å². The number of hydrogen-bond donors (Lipinski definition) is 2. The van der Waals surface area contributed by atoms with Crippen molar-refractivity contribution in [3.05, 3.63) is 30.1 Å². The maximum Gasteiger partial charge on any atom is 0.191 e. The first kappa shape index (κ1) is 23.1. The lowest BCUT2D eigenvalue weighted by Crippen LogP contribution is -2.39. The zero-order valence-corrected chi connectivity index (χ0v) is 18.0. The number of hydrogen-bond acceptors (Lipinski definition) is 4. The summed E-state index contributed by atoms with van der Waals surface area (Å²) >= 11 is 0. The van der Waals surface area contributed by atoms with E-state index in [4.69, 9.17) is 0 Å². The molecule has 0 bridgehead atoms. The number of guanidine groups is 1. The van der Waals surface area contributed by atoms with Crippen molar-refractivity contribution in [1.29, 1.82) is 0 Å². The van der Waals surface area contributed by atoms with Crippen LogP contribution in [-0.4, -0.2) is 49.5 Å². The molecule has 0 fully saturated rings. The first-order valence-electron chi connectivity index (χ1n) is 7.90. The Bertz CT molecular complexity index is 598. The van der Waals surface area contributed by atoms with Crippen molar-refractivity contribution >= 4 is 39.8 Å². The van der Waals surface area contributed by atoms with Crippen LogP contribution in [0.2, 0.25) is 0 Å². The van der Waals surface area contributed by atoms with Crippen LogP contribution in [0.5, 0.6) is 0 Å². The van der Waals surface area contributed by atoms with E-state index in [1.165, 1.54) is 0 Å². The molecule has 1 rings (SSSR count). The van der Waals surface area contributed by atoms with Gasteiger partial charge in [0, 0.05) is 31.4 Å². The van der Waals surface area contributed by atoms with Crippen LogP contribution in [0, 0.1) is 0 Å². The number of halogens is 1. The first-order valence-corrected chi connectivity index (χ1v) is 9.56. The van der Waals surface area contributed by atoms with Gasteiger partial charge in [0.05, 0.1) is 17.0 Å². The molecule has 0 spiro atoms. The quantitative estimate of drug-likeness (QED) is 0.364. The van der Waals surface area contributed by atoms with Crippen LogP contribution >= 0.6 is 24.0 Å². The highest BCUT2D eigenvalue weighted by Gasteiger charge is 2.28. The minimum Gasteiger partial charge on any atom is -0.357 e. The van der Waals surface area contributed by atoms with E-state index in [-0.39, 0.29) is 36.3 Å². The van der Waals surface area contributed by atoms with Crippen molar-refractivity contribution in [3.63, 3.8) is 0 Å². The van der Waals surface area contributed by atoms with Gasteiger partial charge in [0.25, 0.3) is 0 Å². The van der Waals surface area contributed by atoms with Gasteiger partial charge in [-0.2, -0.15) is 0 Å². The molecule has 8 heteroatoms. The van der Waals surface area contributed by atoms with E-state index in [2.05, 4.69) is 20.6 Å². The third-order valence-electron chi connectivity index (χ3n) is 3.31. The van der Waals surface area contributed by atoms with Crippen LogP contribution in [0.25, 0.3) is 0 Å². The van der Waals surface area contributed by atoms with Crippen molar-refractivity contribution in [2.24, 2.45) is 4.99 Å². The zero-order valence-electron chi connectivity index (χ0n) is 14.9. The van der Waals surface area contributed by atoms with E-state index in [1.807, 2.05) is 25.1 Å². The van der Waals surface area contributed by atoms with Crippen molar-refractivity contribution in [2.45, 2.75) is 38.9 Å². The van der Waals surface area contributed by atoms with E-state index in [1.54, 1.807) is 27.0 Å². The summed E-state index contributed by atoms with van der Waals surface area (Å²) in [4.78, 5) is 8.60. The molecular weight excluding hydrogens is 439 g/mol. The lowest BCUT2D eigenvalue weighted by molar-refractivity contribution is 0.560. The van der Waals surface area contributed by atoms with Crippen LogP contribution < -0.4 is 10.6 Å². The number of pyridine rings is 1. The average molecular weight is 468 g/mol. The number of aromatic nitrogens is 1. The first-order chi connectivity index (χ1) is 10.8. The highest BCUT2D eigenvalue weighted by molar-refractivity contribution is 14.0. The van der Waals surface area contributed by atoms with Gasteiger partial charge in [-0.25, -0.2) is 8.42 Å². The summed E-state index contributed by atoms with van der Waals surface area (Å²) in [5.41, 5.74) is 1.01. The van der Waals surface area contributed by atoms with Gasteiger partial charge in [-0.15, -0.1) is 24.0 Å². The van der Waals surface area contributed by atoms with Gasteiger partial charge >= 0.3 is 0 Å². The van der Waals surface area contributed by atoms with Gasteiger partial charge in [-0.05, 0) is 39.8 Å². The second-order valence-corrected chi connectivity index (χ2v) is 9.05. The summed E-state index contributed by atoms with van der Waals surface area (Å²) < 4.78 is 23.4. The average Bonchev–Trinajstić information content (AvgIpc) is 2.47. The SMILES string of the molecule is CCNC(=NCCS(=O)(=O)C(C)(C)C)NCCc1ccccn1.I. The Kier molecular flexibility index (Phi) is 10.5. The molecule has 1 aromatic rings. The predicted molar refractivity (Wildman–Crippen MR) is 111 cm³/mol. The Morgan fingerprint density at radius 2 is 1.96 bits per heavy atom.